The van der Waals surface area contributed by atoms with Crippen molar-refractivity contribution in [1.82, 2.24) is 0 Å². The first-order valence-corrected chi connectivity index (χ1v) is 6.11. The number of nitrogens with zero attached hydrogens (tertiary/aromatic N) is 1. The minimum Gasteiger partial charge on any atom is -0.466 e. The van der Waals surface area contributed by atoms with Crippen molar-refractivity contribution in [3.05, 3.63) is 29.3 Å². The average molecular weight is 233 g/mol. The third-order valence-corrected chi connectivity index (χ3v) is 3.29. The molecule has 3 heteroatoms. The third kappa shape index (κ3) is 2.28. The van der Waals surface area contributed by atoms with Crippen molar-refractivity contribution in [1.29, 1.82) is 0 Å². The van der Waals surface area contributed by atoms with E-state index in [1.165, 1.54) is 5.56 Å². The molecule has 1 heterocycles. The average Bonchev–Trinajstić information content (AvgIpc) is 2.29. The summed E-state index contributed by atoms with van der Waals surface area (Å²) < 4.78 is 5.16. The number of hydrogen-bond acceptors (Lipinski definition) is 3. The normalized spacial score (nSPS) is 18.8. The molecule has 3 nitrogen and oxygen atoms in total. The van der Waals surface area contributed by atoms with E-state index in [9.17, 15) is 4.79 Å². The Bertz CT molecular complexity index is 428. The first kappa shape index (κ1) is 12.0. The molecule has 17 heavy (non-hydrogen) atoms. The zero-order valence-electron chi connectivity index (χ0n) is 10.7. The molecule has 2 rings (SSSR count). The predicted octanol–water partition coefficient (Wildman–Crippen LogP) is 2.48. The molecule has 0 aromatic heterocycles. The summed E-state index contributed by atoms with van der Waals surface area (Å²) in [4.78, 5) is 14.1. The fourth-order valence-corrected chi connectivity index (χ4v) is 2.39. The topological polar surface area (TPSA) is 29.5 Å². The fraction of sp³-hybridized carbons (Fsp3) is 0.500. The lowest BCUT2D eigenvalue weighted by Gasteiger charge is -2.32. The molecule has 0 aliphatic carbocycles. The predicted molar refractivity (Wildman–Crippen MR) is 68.4 cm³/mol. The van der Waals surface area contributed by atoms with Crippen LogP contribution in [-0.4, -0.2) is 26.2 Å². The van der Waals surface area contributed by atoms with Crippen LogP contribution >= 0.6 is 0 Å². The van der Waals surface area contributed by atoms with Gasteiger partial charge in [-0.05, 0) is 31.9 Å². The molecule has 0 fully saturated rings. The molecular weight excluding hydrogens is 214 g/mol. The van der Waals surface area contributed by atoms with Gasteiger partial charge in [0.2, 0.25) is 0 Å². The molecule has 1 aromatic rings. The minimum absolute atomic E-state index is 0.0903. The monoisotopic (exact) mass is 233 g/mol. The van der Waals surface area contributed by atoms with Gasteiger partial charge in [0.25, 0.3) is 0 Å². The van der Waals surface area contributed by atoms with Crippen molar-refractivity contribution >= 4 is 11.7 Å². The van der Waals surface area contributed by atoms with Gasteiger partial charge in [0, 0.05) is 19.3 Å². The van der Waals surface area contributed by atoms with E-state index in [4.69, 9.17) is 4.74 Å². The number of hydrogen-bond donors (Lipinski definition) is 0. The Morgan fingerprint density at radius 2 is 2.29 bits per heavy atom. The van der Waals surface area contributed by atoms with Crippen LogP contribution in [0.25, 0.3) is 0 Å². The van der Waals surface area contributed by atoms with Crippen LogP contribution in [0.1, 0.15) is 30.4 Å². The number of carbonyl (C=O) groups excluding carboxylic acids is 1. The molecule has 0 saturated heterocycles. The highest BCUT2D eigenvalue weighted by atomic mass is 16.5. The van der Waals surface area contributed by atoms with Gasteiger partial charge in [-0.3, -0.25) is 4.79 Å². The highest BCUT2D eigenvalue weighted by Gasteiger charge is 2.29. The second-order valence-electron chi connectivity index (χ2n) is 4.58. The molecule has 0 saturated carbocycles. The molecular formula is C14H19NO2. The van der Waals surface area contributed by atoms with Crippen molar-refractivity contribution in [3.8, 4) is 0 Å². The number of benzene rings is 1. The minimum atomic E-state index is -0.0963. The Morgan fingerprint density at radius 1 is 1.53 bits per heavy atom. The number of carbonyl (C=O) groups is 1. The van der Waals surface area contributed by atoms with Gasteiger partial charge in [-0.1, -0.05) is 17.7 Å². The Kier molecular flexibility index (Phi) is 3.36. The van der Waals surface area contributed by atoms with Gasteiger partial charge in [0.1, 0.15) is 0 Å². The first-order valence-electron chi connectivity index (χ1n) is 6.11. The zero-order chi connectivity index (χ0) is 12.4. The number of rotatable bonds is 2. The first-order chi connectivity index (χ1) is 8.13. The van der Waals surface area contributed by atoms with Crippen LogP contribution in [0.4, 0.5) is 5.69 Å². The summed E-state index contributed by atoms with van der Waals surface area (Å²) >= 11 is 0. The summed E-state index contributed by atoms with van der Waals surface area (Å²) in [6.45, 7) is 5.26. The Balaban J connectivity index is 2.37. The van der Waals surface area contributed by atoms with Crippen LogP contribution in [0.2, 0.25) is 0 Å². The maximum atomic E-state index is 11.9. The molecule has 92 valence electrons. The lowest BCUT2D eigenvalue weighted by molar-refractivity contribution is -0.145. The molecule has 1 atom stereocenters. The third-order valence-electron chi connectivity index (χ3n) is 3.29. The van der Waals surface area contributed by atoms with Crippen molar-refractivity contribution in [3.63, 3.8) is 0 Å². The van der Waals surface area contributed by atoms with E-state index in [0.29, 0.717) is 6.61 Å². The molecule has 0 amide bonds. The van der Waals surface area contributed by atoms with E-state index >= 15 is 0 Å². The van der Waals surface area contributed by atoms with Gasteiger partial charge in [0.15, 0.2) is 0 Å². The van der Waals surface area contributed by atoms with E-state index in [2.05, 4.69) is 37.1 Å². The SMILES string of the molecule is CCOC(=O)C1CCN(C)c2ccc(C)cc21. The van der Waals surface area contributed by atoms with Crippen LogP contribution in [-0.2, 0) is 9.53 Å². The van der Waals surface area contributed by atoms with Crippen molar-refractivity contribution in [2.75, 3.05) is 25.1 Å². The van der Waals surface area contributed by atoms with E-state index in [1.807, 2.05) is 6.92 Å². The molecule has 1 aliphatic rings. The number of fused-ring (bicyclic) bond motifs is 1. The summed E-state index contributed by atoms with van der Waals surface area (Å²) in [6, 6.07) is 6.28. The van der Waals surface area contributed by atoms with Crippen LogP contribution in [0.15, 0.2) is 18.2 Å². The zero-order valence-corrected chi connectivity index (χ0v) is 10.7. The van der Waals surface area contributed by atoms with E-state index in [1.54, 1.807) is 0 Å². The van der Waals surface area contributed by atoms with Gasteiger partial charge >= 0.3 is 5.97 Å². The molecule has 0 spiro atoms. The van der Waals surface area contributed by atoms with Gasteiger partial charge in [-0.25, -0.2) is 0 Å². The van der Waals surface area contributed by atoms with Crippen molar-refractivity contribution in [2.45, 2.75) is 26.2 Å². The second kappa shape index (κ2) is 4.78. The van der Waals surface area contributed by atoms with Crippen LogP contribution in [0.3, 0.4) is 0 Å². The fourth-order valence-electron chi connectivity index (χ4n) is 2.39. The Morgan fingerprint density at radius 3 is 3.00 bits per heavy atom. The lowest BCUT2D eigenvalue weighted by atomic mass is 9.89. The highest BCUT2D eigenvalue weighted by molar-refractivity contribution is 5.82. The van der Waals surface area contributed by atoms with Gasteiger partial charge in [-0.15, -0.1) is 0 Å². The molecule has 1 unspecified atom stereocenters. The molecule has 1 aromatic carbocycles. The standard InChI is InChI=1S/C14H19NO2/c1-4-17-14(16)11-7-8-15(3)13-6-5-10(2)9-12(11)13/h5-6,9,11H,4,7-8H2,1-3H3. The molecule has 1 aliphatic heterocycles. The van der Waals surface area contributed by atoms with Crippen molar-refractivity contribution in [2.24, 2.45) is 0 Å². The molecule has 0 N–H and O–H groups in total. The van der Waals surface area contributed by atoms with E-state index in [0.717, 1.165) is 24.2 Å². The lowest BCUT2D eigenvalue weighted by Crippen LogP contribution is -2.31. The highest BCUT2D eigenvalue weighted by Crippen LogP contribution is 2.35. The van der Waals surface area contributed by atoms with Crippen LogP contribution in [0.5, 0.6) is 0 Å². The Hall–Kier alpha value is -1.51. The maximum Gasteiger partial charge on any atom is 0.313 e. The van der Waals surface area contributed by atoms with E-state index < -0.39 is 0 Å². The number of ether oxygens (including phenoxy) is 1. The van der Waals surface area contributed by atoms with Gasteiger partial charge in [0.05, 0.1) is 12.5 Å². The summed E-state index contributed by atoms with van der Waals surface area (Å²) in [5.41, 5.74) is 3.45. The van der Waals surface area contributed by atoms with Crippen LogP contribution < -0.4 is 4.90 Å². The van der Waals surface area contributed by atoms with Gasteiger partial charge in [-0.2, -0.15) is 0 Å². The summed E-state index contributed by atoms with van der Waals surface area (Å²) in [5, 5.41) is 0. The summed E-state index contributed by atoms with van der Waals surface area (Å²) in [7, 11) is 2.07. The van der Waals surface area contributed by atoms with Crippen LogP contribution in [0, 0.1) is 6.92 Å². The number of anilines is 1. The Labute approximate surface area is 102 Å². The maximum absolute atomic E-state index is 11.9. The summed E-state index contributed by atoms with van der Waals surface area (Å²) in [5.74, 6) is -0.187. The van der Waals surface area contributed by atoms with Crippen molar-refractivity contribution < 1.29 is 9.53 Å². The van der Waals surface area contributed by atoms with Gasteiger partial charge < -0.3 is 9.64 Å². The van der Waals surface area contributed by atoms with E-state index in [-0.39, 0.29) is 11.9 Å². The molecule has 0 radical (unpaired) electrons. The summed E-state index contributed by atoms with van der Waals surface area (Å²) in [6.07, 6.45) is 0.839. The number of esters is 1. The quantitative estimate of drug-likeness (QED) is 0.735. The second-order valence-corrected chi connectivity index (χ2v) is 4.58. The smallest absolute Gasteiger partial charge is 0.313 e. The number of aryl methyl sites for hydroxylation is 1. The largest absolute Gasteiger partial charge is 0.466 e. The molecule has 0 bridgehead atoms.